The van der Waals surface area contributed by atoms with Gasteiger partial charge in [0.25, 0.3) is 0 Å². The third-order valence-corrected chi connectivity index (χ3v) is 4.72. The smallest absolute Gasteiger partial charge is 0.119 e. The van der Waals surface area contributed by atoms with Crippen molar-refractivity contribution in [2.45, 2.75) is 33.1 Å². The number of thiophene rings is 1. The van der Waals surface area contributed by atoms with Crippen LogP contribution in [0.4, 0.5) is 0 Å². The van der Waals surface area contributed by atoms with Gasteiger partial charge in [-0.1, -0.05) is 6.07 Å². The summed E-state index contributed by atoms with van der Waals surface area (Å²) in [7, 11) is 0. The fraction of sp³-hybridized carbons (Fsp3) is 0.412. The Morgan fingerprint density at radius 3 is 2.55 bits per heavy atom. The maximum Gasteiger partial charge on any atom is 0.119 e. The molecule has 0 aliphatic heterocycles. The second-order valence-corrected chi connectivity index (χ2v) is 6.12. The highest BCUT2D eigenvalue weighted by Gasteiger charge is 2.15. The fourth-order valence-electron chi connectivity index (χ4n) is 2.52. The number of benzene rings is 1. The van der Waals surface area contributed by atoms with Crippen LogP contribution in [0.3, 0.4) is 0 Å². The molecule has 2 aromatic rings. The lowest BCUT2D eigenvalue weighted by atomic mass is 9.91. The maximum absolute atomic E-state index is 6.01. The molecule has 0 aliphatic rings. The van der Waals surface area contributed by atoms with Gasteiger partial charge in [0.15, 0.2) is 0 Å². The summed E-state index contributed by atoms with van der Waals surface area (Å²) in [4.78, 5) is 1.44. The zero-order valence-corrected chi connectivity index (χ0v) is 13.3. The molecule has 0 amide bonds. The largest absolute Gasteiger partial charge is 0.494 e. The van der Waals surface area contributed by atoms with E-state index in [1.807, 2.05) is 18.3 Å². The zero-order valence-electron chi connectivity index (χ0n) is 12.5. The topological polar surface area (TPSA) is 35.2 Å². The van der Waals surface area contributed by atoms with Gasteiger partial charge in [-0.3, -0.25) is 0 Å². The first-order valence-electron chi connectivity index (χ1n) is 7.12. The Labute approximate surface area is 125 Å². The van der Waals surface area contributed by atoms with E-state index in [-0.39, 0.29) is 0 Å². The summed E-state index contributed by atoms with van der Waals surface area (Å²) in [6, 6.07) is 8.51. The Bertz CT molecular complexity index is 562. The molecule has 0 saturated heterocycles. The molecule has 1 atom stereocenters. The molecular formula is C17H23NOS. The van der Waals surface area contributed by atoms with Crippen molar-refractivity contribution in [1.82, 2.24) is 0 Å². The van der Waals surface area contributed by atoms with Crippen molar-refractivity contribution in [2.75, 3.05) is 13.2 Å². The maximum atomic E-state index is 6.01. The Balaban J connectivity index is 2.21. The van der Waals surface area contributed by atoms with Gasteiger partial charge in [0.2, 0.25) is 0 Å². The summed E-state index contributed by atoms with van der Waals surface area (Å²) in [5.41, 5.74) is 9.98. The van der Waals surface area contributed by atoms with Gasteiger partial charge in [-0.05, 0) is 74.0 Å². The minimum atomic E-state index is 0.378. The molecular weight excluding hydrogens is 266 g/mol. The predicted octanol–water partition coefficient (Wildman–Crippen LogP) is 4.05. The van der Waals surface area contributed by atoms with E-state index in [2.05, 4.69) is 43.5 Å². The SMILES string of the molecule is CCOc1ccc(C(CN)Cc2sccc2C)c(C)c1. The first-order valence-corrected chi connectivity index (χ1v) is 8.00. The summed E-state index contributed by atoms with van der Waals surface area (Å²) >= 11 is 1.82. The first-order chi connectivity index (χ1) is 9.65. The minimum absolute atomic E-state index is 0.378. The number of ether oxygens (including phenoxy) is 1. The zero-order chi connectivity index (χ0) is 14.5. The van der Waals surface area contributed by atoms with Crippen LogP contribution in [0, 0.1) is 13.8 Å². The lowest BCUT2D eigenvalue weighted by Crippen LogP contribution is -2.16. The second kappa shape index (κ2) is 6.91. The molecule has 1 aromatic carbocycles. The van der Waals surface area contributed by atoms with Crippen LogP contribution >= 0.6 is 11.3 Å². The molecule has 2 nitrogen and oxygen atoms in total. The van der Waals surface area contributed by atoms with Crippen LogP contribution in [0.15, 0.2) is 29.6 Å². The van der Waals surface area contributed by atoms with Crippen LogP contribution in [0.2, 0.25) is 0 Å². The van der Waals surface area contributed by atoms with E-state index in [9.17, 15) is 0 Å². The molecule has 0 radical (unpaired) electrons. The van der Waals surface area contributed by atoms with Crippen LogP contribution in [-0.2, 0) is 6.42 Å². The average molecular weight is 289 g/mol. The standard InChI is InChI=1S/C17H23NOS/c1-4-19-15-5-6-16(13(3)9-15)14(11-18)10-17-12(2)7-8-20-17/h5-9,14H,4,10-11,18H2,1-3H3. The normalized spacial score (nSPS) is 12.4. The Morgan fingerprint density at radius 1 is 1.20 bits per heavy atom. The van der Waals surface area contributed by atoms with Crippen LogP contribution in [0.1, 0.15) is 34.4 Å². The Kier molecular flexibility index (Phi) is 5.21. The number of rotatable bonds is 6. The molecule has 0 saturated carbocycles. The lowest BCUT2D eigenvalue weighted by molar-refractivity contribution is 0.340. The van der Waals surface area contributed by atoms with E-state index in [0.717, 1.165) is 12.2 Å². The highest BCUT2D eigenvalue weighted by molar-refractivity contribution is 7.10. The van der Waals surface area contributed by atoms with E-state index in [1.165, 1.54) is 21.6 Å². The quantitative estimate of drug-likeness (QED) is 0.870. The average Bonchev–Trinajstić information content (AvgIpc) is 2.83. The molecule has 1 aromatic heterocycles. The molecule has 1 unspecified atom stereocenters. The van der Waals surface area contributed by atoms with E-state index in [4.69, 9.17) is 10.5 Å². The molecule has 108 valence electrons. The number of hydrogen-bond donors (Lipinski definition) is 1. The van der Waals surface area contributed by atoms with E-state index in [0.29, 0.717) is 19.1 Å². The van der Waals surface area contributed by atoms with Crippen molar-refractivity contribution in [2.24, 2.45) is 5.73 Å². The van der Waals surface area contributed by atoms with Gasteiger partial charge in [0, 0.05) is 10.8 Å². The molecule has 20 heavy (non-hydrogen) atoms. The van der Waals surface area contributed by atoms with Crippen molar-refractivity contribution in [3.8, 4) is 5.75 Å². The fourth-order valence-corrected chi connectivity index (χ4v) is 3.51. The van der Waals surface area contributed by atoms with Crippen molar-refractivity contribution >= 4 is 11.3 Å². The van der Waals surface area contributed by atoms with Gasteiger partial charge in [0.1, 0.15) is 5.75 Å². The molecule has 3 heteroatoms. The Morgan fingerprint density at radius 2 is 2.00 bits per heavy atom. The second-order valence-electron chi connectivity index (χ2n) is 5.11. The van der Waals surface area contributed by atoms with Gasteiger partial charge >= 0.3 is 0 Å². The van der Waals surface area contributed by atoms with Gasteiger partial charge in [-0.15, -0.1) is 11.3 Å². The van der Waals surface area contributed by atoms with Gasteiger partial charge in [-0.2, -0.15) is 0 Å². The third kappa shape index (κ3) is 3.41. The highest BCUT2D eigenvalue weighted by atomic mass is 32.1. The summed E-state index contributed by atoms with van der Waals surface area (Å²) in [5.74, 6) is 1.32. The molecule has 2 N–H and O–H groups in total. The van der Waals surface area contributed by atoms with Crippen molar-refractivity contribution in [1.29, 1.82) is 0 Å². The lowest BCUT2D eigenvalue weighted by Gasteiger charge is -2.18. The van der Waals surface area contributed by atoms with E-state index < -0.39 is 0 Å². The van der Waals surface area contributed by atoms with Crippen LogP contribution in [0.5, 0.6) is 5.75 Å². The highest BCUT2D eigenvalue weighted by Crippen LogP contribution is 2.29. The van der Waals surface area contributed by atoms with Crippen molar-refractivity contribution in [3.05, 3.63) is 51.2 Å². The predicted molar refractivity (Wildman–Crippen MR) is 86.9 cm³/mol. The molecule has 2 rings (SSSR count). The van der Waals surface area contributed by atoms with Crippen LogP contribution in [-0.4, -0.2) is 13.2 Å². The number of aryl methyl sites for hydroxylation is 2. The summed E-state index contributed by atoms with van der Waals surface area (Å²) in [5, 5.41) is 2.16. The summed E-state index contributed by atoms with van der Waals surface area (Å²) in [6.45, 7) is 7.69. The number of hydrogen-bond acceptors (Lipinski definition) is 3. The first kappa shape index (κ1) is 15.1. The molecule has 0 fully saturated rings. The summed E-state index contributed by atoms with van der Waals surface area (Å²) < 4.78 is 5.55. The van der Waals surface area contributed by atoms with E-state index >= 15 is 0 Å². The Hall–Kier alpha value is -1.32. The molecule has 1 heterocycles. The van der Waals surface area contributed by atoms with Crippen LogP contribution in [0.25, 0.3) is 0 Å². The van der Waals surface area contributed by atoms with Crippen molar-refractivity contribution in [3.63, 3.8) is 0 Å². The minimum Gasteiger partial charge on any atom is -0.494 e. The molecule has 0 aliphatic carbocycles. The van der Waals surface area contributed by atoms with E-state index in [1.54, 1.807) is 0 Å². The third-order valence-electron chi connectivity index (χ3n) is 3.68. The van der Waals surface area contributed by atoms with Gasteiger partial charge in [-0.25, -0.2) is 0 Å². The molecule has 0 spiro atoms. The van der Waals surface area contributed by atoms with Gasteiger partial charge < -0.3 is 10.5 Å². The van der Waals surface area contributed by atoms with Gasteiger partial charge in [0.05, 0.1) is 6.61 Å². The number of nitrogens with two attached hydrogens (primary N) is 1. The monoisotopic (exact) mass is 289 g/mol. The molecule has 0 bridgehead atoms. The summed E-state index contributed by atoms with van der Waals surface area (Å²) in [6.07, 6.45) is 1.02. The van der Waals surface area contributed by atoms with Crippen LogP contribution < -0.4 is 10.5 Å². The van der Waals surface area contributed by atoms with Crippen molar-refractivity contribution < 1.29 is 4.74 Å².